The molecule has 0 amide bonds. The van der Waals surface area contributed by atoms with E-state index in [-0.39, 0.29) is 0 Å². The van der Waals surface area contributed by atoms with Gasteiger partial charge in [0, 0.05) is 0 Å². The first kappa shape index (κ1) is 8.06. The molecule has 0 aromatic heterocycles. The maximum Gasteiger partial charge on any atom is -0.00462 e. The van der Waals surface area contributed by atoms with Crippen molar-refractivity contribution in [3.63, 3.8) is 0 Å². The van der Waals surface area contributed by atoms with Crippen molar-refractivity contribution < 1.29 is 0 Å². The van der Waals surface area contributed by atoms with Crippen LogP contribution in [0.1, 0.15) is 39.0 Å². The van der Waals surface area contributed by atoms with E-state index in [0.29, 0.717) is 0 Å². The van der Waals surface area contributed by atoms with Gasteiger partial charge in [-0.2, -0.15) is 0 Å². The van der Waals surface area contributed by atoms with E-state index in [2.05, 4.69) is 6.92 Å². The quantitative estimate of drug-likeness (QED) is 0.640. The highest BCUT2D eigenvalue weighted by molar-refractivity contribution is 4.77. The summed E-state index contributed by atoms with van der Waals surface area (Å²) in [6, 6.07) is 0. The third-order valence-electron chi connectivity index (χ3n) is 2.78. The molecule has 1 fully saturated rings. The molecule has 60 valence electrons. The summed E-state index contributed by atoms with van der Waals surface area (Å²) in [7, 11) is 0. The Balaban J connectivity index is 2.27. The van der Waals surface area contributed by atoms with Gasteiger partial charge in [0.1, 0.15) is 0 Å². The maximum atomic E-state index is 5.65. The van der Waals surface area contributed by atoms with Crippen LogP contribution in [-0.2, 0) is 0 Å². The minimum Gasteiger partial charge on any atom is -0.330 e. The molecule has 0 aromatic rings. The first-order valence-corrected chi connectivity index (χ1v) is 4.58. The lowest BCUT2D eigenvalue weighted by Gasteiger charge is -2.15. The molecular weight excluding hydrogens is 122 g/mol. The fraction of sp³-hybridized carbons (Fsp3) is 1.00. The lowest BCUT2D eigenvalue weighted by Crippen LogP contribution is -2.18. The van der Waals surface area contributed by atoms with Gasteiger partial charge in [-0.1, -0.05) is 32.6 Å². The minimum atomic E-state index is 0.861. The van der Waals surface area contributed by atoms with Crippen LogP contribution in [0.15, 0.2) is 0 Å². The zero-order valence-corrected chi connectivity index (χ0v) is 6.97. The van der Waals surface area contributed by atoms with Gasteiger partial charge in [0.05, 0.1) is 0 Å². The molecule has 0 aromatic carbocycles. The van der Waals surface area contributed by atoms with Crippen molar-refractivity contribution in [3.8, 4) is 0 Å². The molecule has 0 radical (unpaired) electrons. The Morgan fingerprint density at radius 1 is 1.30 bits per heavy atom. The molecule has 1 saturated carbocycles. The van der Waals surface area contributed by atoms with E-state index in [1.165, 1.54) is 32.1 Å². The summed E-state index contributed by atoms with van der Waals surface area (Å²) < 4.78 is 0. The third kappa shape index (κ3) is 1.72. The normalized spacial score (nSPS) is 33.0. The average Bonchev–Trinajstić information content (AvgIpc) is 2.36. The summed E-state index contributed by atoms with van der Waals surface area (Å²) in [5.41, 5.74) is 5.65. The van der Waals surface area contributed by atoms with Crippen LogP contribution in [0, 0.1) is 11.8 Å². The molecule has 0 aliphatic heterocycles. The maximum absolute atomic E-state index is 5.65. The van der Waals surface area contributed by atoms with Crippen LogP contribution >= 0.6 is 0 Å². The van der Waals surface area contributed by atoms with Crippen LogP contribution in [0.25, 0.3) is 0 Å². The van der Waals surface area contributed by atoms with Gasteiger partial charge in [-0.3, -0.25) is 0 Å². The van der Waals surface area contributed by atoms with Crippen molar-refractivity contribution >= 4 is 0 Å². The molecule has 2 atom stereocenters. The smallest absolute Gasteiger partial charge is 0.00462 e. The summed E-state index contributed by atoms with van der Waals surface area (Å²) >= 11 is 0. The van der Waals surface area contributed by atoms with Crippen molar-refractivity contribution in [3.05, 3.63) is 0 Å². The van der Waals surface area contributed by atoms with Gasteiger partial charge in [-0.25, -0.2) is 0 Å². The number of hydrogen-bond acceptors (Lipinski definition) is 1. The van der Waals surface area contributed by atoms with Crippen LogP contribution < -0.4 is 5.73 Å². The Kier molecular flexibility index (Phi) is 3.20. The molecule has 0 bridgehead atoms. The monoisotopic (exact) mass is 141 g/mol. The van der Waals surface area contributed by atoms with Gasteiger partial charge in [0.15, 0.2) is 0 Å². The van der Waals surface area contributed by atoms with Crippen molar-refractivity contribution in [2.45, 2.75) is 39.0 Å². The van der Waals surface area contributed by atoms with Crippen molar-refractivity contribution in [1.82, 2.24) is 0 Å². The van der Waals surface area contributed by atoms with Crippen LogP contribution in [-0.4, -0.2) is 6.54 Å². The number of hydrogen-bond donors (Lipinski definition) is 1. The molecule has 1 aliphatic rings. The molecule has 1 aliphatic carbocycles. The molecule has 1 heteroatoms. The highest BCUT2D eigenvalue weighted by Crippen LogP contribution is 2.33. The highest BCUT2D eigenvalue weighted by Gasteiger charge is 2.24. The van der Waals surface area contributed by atoms with Crippen molar-refractivity contribution in [1.29, 1.82) is 0 Å². The number of nitrogens with two attached hydrogens (primary N) is 1. The van der Waals surface area contributed by atoms with E-state index in [1.54, 1.807) is 0 Å². The Bertz CT molecular complexity index is 90.7. The predicted molar refractivity (Wildman–Crippen MR) is 44.8 cm³/mol. The van der Waals surface area contributed by atoms with E-state index in [0.717, 1.165) is 18.4 Å². The van der Waals surface area contributed by atoms with Gasteiger partial charge in [0.2, 0.25) is 0 Å². The summed E-state index contributed by atoms with van der Waals surface area (Å²) in [5, 5.41) is 0. The Morgan fingerprint density at radius 2 is 2.00 bits per heavy atom. The van der Waals surface area contributed by atoms with Crippen LogP contribution in [0.4, 0.5) is 0 Å². The predicted octanol–water partition coefficient (Wildman–Crippen LogP) is 2.16. The topological polar surface area (TPSA) is 26.0 Å². The van der Waals surface area contributed by atoms with Gasteiger partial charge < -0.3 is 5.73 Å². The lowest BCUT2D eigenvalue weighted by molar-refractivity contribution is 0.369. The van der Waals surface area contributed by atoms with E-state index < -0.39 is 0 Å². The molecule has 1 rings (SSSR count). The van der Waals surface area contributed by atoms with Crippen LogP contribution in [0.2, 0.25) is 0 Å². The van der Waals surface area contributed by atoms with E-state index >= 15 is 0 Å². The van der Waals surface area contributed by atoms with Gasteiger partial charge in [-0.15, -0.1) is 0 Å². The van der Waals surface area contributed by atoms with Crippen LogP contribution in [0.5, 0.6) is 0 Å². The SMILES string of the molecule is CCCC1CCCC1CN. The molecule has 2 N–H and O–H groups in total. The third-order valence-corrected chi connectivity index (χ3v) is 2.78. The van der Waals surface area contributed by atoms with Gasteiger partial charge in [0.25, 0.3) is 0 Å². The van der Waals surface area contributed by atoms with Crippen LogP contribution in [0.3, 0.4) is 0 Å². The second kappa shape index (κ2) is 3.97. The average molecular weight is 141 g/mol. The summed E-state index contributed by atoms with van der Waals surface area (Å²) in [4.78, 5) is 0. The van der Waals surface area contributed by atoms with Gasteiger partial charge in [-0.05, 0) is 24.8 Å². The first-order valence-electron chi connectivity index (χ1n) is 4.58. The summed E-state index contributed by atoms with van der Waals surface area (Å²) in [5.74, 6) is 1.83. The molecule has 0 saturated heterocycles. The molecule has 0 heterocycles. The van der Waals surface area contributed by atoms with Crippen molar-refractivity contribution in [2.24, 2.45) is 17.6 Å². The Labute approximate surface area is 64.0 Å². The first-order chi connectivity index (χ1) is 4.88. The second-order valence-electron chi connectivity index (χ2n) is 3.48. The van der Waals surface area contributed by atoms with Gasteiger partial charge >= 0.3 is 0 Å². The molecule has 1 nitrogen and oxygen atoms in total. The van der Waals surface area contributed by atoms with E-state index in [4.69, 9.17) is 5.73 Å². The molecule has 0 spiro atoms. The lowest BCUT2D eigenvalue weighted by atomic mass is 9.92. The molecular formula is C9H19N. The molecule has 2 unspecified atom stereocenters. The van der Waals surface area contributed by atoms with E-state index in [9.17, 15) is 0 Å². The fourth-order valence-electron chi connectivity index (χ4n) is 2.17. The standard InChI is InChI=1S/C9H19N/c1-2-4-8-5-3-6-9(8)7-10/h8-9H,2-7,10H2,1H3. The van der Waals surface area contributed by atoms with E-state index in [1.807, 2.05) is 0 Å². The minimum absolute atomic E-state index is 0.861. The highest BCUT2D eigenvalue weighted by atomic mass is 14.6. The zero-order chi connectivity index (χ0) is 7.40. The Morgan fingerprint density at radius 3 is 2.60 bits per heavy atom. The zero-order valence-electron chi connectivity index (χ0n) is 6.97. The second-order valence-corrected chi connectivity index (χ2v) is 3.48. The van der Waals surface area contributed by atoms with Crippen molar-refractivity contribution in [2.75, 3.05) is 6.54 Å². The fourth-order valence-corrected chi connectivity index (χ4v) is 2.17. The largest absolute Gasteiger partial charge is 0.330 e. The molecule has 10 heavy (non-hydrogen) atoms. The number of rotatable bonds is 3. The summed E-state index contributed by atoms with van der Waals surface area (Å²) in [6.07, 6.45) is 6.99. The summed E-state index contributed by atoms with van der Waals surface area (Å²) in [6.45, 7) is 3.19. The Hall–Kier alpha value is -0.0400.